The molecule has 0 radical (unpaired) electrons. The van der Waals surface area contributed by atoms with E-state index >= 15 is 0 Å². The number of rotatable bonds is 8. The molecule has 0 aliphatic carbocycles. The van der Waals surface area contributed by atoms with E-state index in [9.17, 15) is 18.0 Å². The van der Waals surface area contributed by atoms with E-state index in [2.05, 4.69) is 15.4 Å². The monoisotopic (exact) mass is 428 g/mol. The van der Waals surface area contributed by atoms with Crippen LogP contribution in [0.25, 0.3) is 0 Å². The average Bonchev–Trinajstić information content (AvgIpc) is 3.15. The van der Waals surface area contributed by atoms with Gasteiger partial charge in [-0.1, -0.05) is 36.4 Å². The van der Waals surface area contributed by atoms with Crippen molar-refractivity contribution in [3.8, 4) is 0 Å². The molecule has 3 aromatic rings. The Kier molecular flexibility index (Phi) is 6.58. The Labute approximate surface area is 173 Å². The van der Waals surface area contributed by atoms with Crippen LogP contribution >= 0.6 is 0 Å². The Morgan fingerprint density at radius 3 is 2.50 bits per heavy atom. The lowest BCUT2D eigenvalue weighted by molar-refractivity contribution is -0.113. The van der Waals surface area contributed by atoms with E-state index in [-0.39, 0.29) is 16.4 Å². The second-order valence-electron chi connectivity index (χ2n) is 6.36. The van der Waals surface area contributed by atoms with Crippen molar-refractivity contribution in [1.82, 2.24) is 14.8 Å². The Hall–Kier alpha value is -3.53. The number of ether oxygens (including phenoxy) is 1. The predicted octanol–water partition coefficient (Wildman–Crippen LogP) is 1.72. The smallest absolute Gasteiger partial charge is 0.360 e. The Bertz CT molecular complexity index is 1130. The zero-order chi connectivity index (χ0) is 21.6. The van der Waals surface area contributed by atoms with Crippen LogP contribution in [-0.4, -0.2) is 47.9 Å². The summed E-state index contributed by atoms with van der Waals surface area (Å²) in [6.07, 6.45) is 3.46. The molecule has 2 aromatic heterocycles. The van der Waals surface area contributed by atoms with E-state index in [1.54, 1.807) is 6.07 Å². The number of nitrogens with one attached hydrogen (secondary N) is 1. The summed E-state index contributed by atoms with van der Waals surface area (Å²) in [5.74, 6) is -2.37. The summed E-state index contributed by atoms with van der Waals surface area (Å²) in [6, 6.07) is 14.1. The number of aromatic nitrogens is 3. The van der Waals surface area contributed by atoms with Gasteiger partial charge < -0.3 is 10.1 Å². The number of nitrogens with zero attached hydrogens (tertiary/aromatic N) is 3. The normalized spacial score (nSPS) is 11.1. The third kappa shape index (κ3) is 5.29. The number of pyridine rings is 1. The molecule has 0 unspecified atom stereocenters. The first-order valence-electron chi connectivity index (χ1n) is 9.02. The molecule has 2 heterocycles. The first kappa shape index (κ1) is 21.2. The van der Waals surface area contributed by atoms with Crippen molar-refractivity contribution in [3.05, 3.63) is 72.2 Å². The van der Waals surface area contributed by atoms with Gasteiger partial charge in [0.2, 0.25) is 15.7 Å². The van der Waals surface area contributed by atoms with Crippen molar-refractivity contribution in [2.45, 2.75) is 18.0 Å². The SMILES string of the molecule is COC(=O)c1nn(CCc2ccccc2)cc1NC(=O)CS(=O)(=O)c1ccccn1. The number of methoxy groups -OCH3 is 1. The molecule has 10 heteroatoms. The highest BCUT2D eigenvalue weighted by atomic mass is 32.2. The Morgan fingerprint density at radius 1 is 1.10 bits per heavy atom. The summed E-state index contributed by atoms with van der Waals surface area (Å²) in [7, 11) is -2.73. The molecule has 0 spiro atoms. The van der Waals surface area contributed by atoms with E-state index in [0.29, 0.717) is 13.0 Å². The number of carbonyl (C=O) groups excluding carboxylic acids is 2. The standard InChI is InChI=1S/C20H20N4O5S/c1-29-20(26)19-16(13-24(23-19)12-10-15-7-3-2-4-8-15)22-17(25)14-30(27,28)18-9-5-6-11-21-18/h2-9,11,13H,10,12,14H2,1H3,(H,22,25). The van der Waals surface area contributed by atoms with Gasteiger partial charge in [0, 0.05) is 18.9 Å². The summed E-state index contributed by atoms with van der Waals surface area (Å²) >= 11 is 0. The summed E-state index contributed by atoms with van der Waals surface area (Å²) < 4.78 is 30.9. The highest BCUT2D eigenvalue weighted by Gasteiger charge is 2.24. The fourth-order valence-corrected chi connectivity index (χ4v) is 3.80. The minimum atomic E-state index is -3.92. The number of hydrogen-bond donors (Lipinski definition) is 1. The Morgan fingerprint density at radius 2 is 1.83 bits per heavy atom. The van der Waals surface area contributed by atoms with E-state index in [1.165, 1.54) is 36.3 Å². The largest absolute Gasteiger partial charge is 0.464 e. The summed E-state index contributed by atoms with van der Waals surface area (Å²) in [6.45, 7) is 0.454. The first-order valence-corrected chi connectivity index (χ1v) is 10.7. The molecule has 3 rings (SSSR count). The molecule has 0 atom stereocenters. The van der Waals surface area contributed by atoms with E-state index in [1.807, 2.05) is 30.3 Å². The number of carbonyl (C=O) groups is 2. The van der Waals surface area contributed by atoms with Crippen molar-refractivity contribution < 1.29 is 22.7 Å². The maximum absolute atomic E-state index is 12.3. The number of aryl methyl sites for hydroxylation is 2. The third-order valence-electron chi connectivity index (χ3n) is 4.16. The summed E-state index contributed by atoms with van der Waals surface area (Å²) in [4.78, 5) is 28.1. The highest BCUT2D eigenvalue weighted by molar-refractivity contribution is 7.92. The van der Waals surface area contributed by atoms with Gasteiger partial charge in [-0.25, -0.2) is 18.2 Å². The van der Waals surface area contributed by atoms with Crippen molar-refractivity contribution in [3.63, 3.8) is 0 Å². The van der Waals surface area contributed by atoms with Crippen LogP contribution in [0.3, 0.4) is 0 Å². The van der Waals surface area contributed by atoms with Crippen molar-refractivity contribution in [2.75, 3.05) is 18.2 Å². The van der Waals surface area contributed by atoms with Crippen LogP contribution < -0.4 is 5.32 Å². The molecule has 1 amide bonds. The molecule has 30 heavy (non-hydrogen) atoms. The fraction of sp³-hybridized carbons (Fsp3) is 0.200. The molecular formula is C20H20N4O5S. The first-order chi connectivity index (χ1) is 14.4. The number of esters is 1. The number of amides is 1. The van der Waals surface area contributed by atoms with Crippen LogP contribution in [0.15, 0.2) is 66.0 Å². The molecule has 0 aliphatic rings. The number of benzene rings is 1. The number of anilines is 1. The summed E-state index contributed by atoms with van der Waals surface area (Å²) in [5.41, 5.74) is 1.06. The fourth-order valence-electron chi connectivity index (χ4n) is 2.73. The molecule has 9 nitrogen and oxygen atoms in total. The lowest BCUT2D eigenvalue weighted by Crippen LogP contribution is -2.24. The quantitative estimate of drug-likeness (QED) is 0.542. The molecule has 0 aliphatic heterocycles. The average molecular weight is 428 g/mol. The van der Waals surface area contributed by atoms with Gasteiger partial charge in [-0.05, 0) is 24.1 Å². The molecule has 1 aromatic carbocycles. The molecule has 0 fully saturated rings. The second kappa shape index (κ2) is 9.31. The van der Waals surface area contributed by atoms with E-state index < -0.39 is 27.5 Å². The van der Waals surface area contributed by atoms with Crippen molar-refractivity contribution >= 4 is 27.4 Å². The number of sulfone groups is 1. The maximum atomic E-state index is 12.3. The minimum Gasteiger partial charge on any atom is -0.464 e. The molecule has 0 saturated heterocycles. The van der Waals surface area contributed by atoms with Gasteiger partial charge in [0.15, 0.2) is 10.7 Å². The zero-order valence-corrected chi connectivity index (χ0v) is 17.0. The van der Waals surface area contributed by atoms with Gasteiger partial charge in [-0.2, -0.15) is 5.10 Å². The van der Waals surface area contributed by atoms with Crippen LogP contribution in [0.5, 0.6) is 0 Å². The van der Waals surface area contributed by atoms with Crippen LogP contribution in [0.4, 0.5) is 5.69 Å². The molecular weight excluding hydrogens is 408 g/mol. The van der Waals surface area contributed by atoms with Gasteiger partial charge in [-0.3, -0.25) is 9.48 Å². The molecule has 1 N–H and O–H groups in total. The van der Waals surface area contributed by atoms with Crippen molar-refractivity contribution in [2.24, 2.45) is 0 Å². The Balaban J connectivity index is 1.74. The molecule has 0 saturated carbocycles. The minimum absolute atomic E-state index is 0.0798. The van der Waals surface area contributed by atoms with E-state index in [4.69, 9.17) is 4.74 Å². The van der Waals surface area contributed by atoms with Crippen LogP contribution in [0.2, 0.25) is 0 Å². The van der Waals surface area contributed by atoms with Gasteiger partial charge in [-0.15, -0.1) is 0 Å². The zero-order valence-electron chi connectivity index (χ0n) is 16.2. The van der Waals surface area contributed by atoms with Gasteiger partial charge in [0.25, 0.3) is 0 Å². The topological polar surface area (TPSA) is 120 Å². The highest BCUT2D eigenvalue weighted by Crippen LogP contribution is 2.17. The van der Waals surface area contributed by atoms with Gasteiger partial charge >= 0.3 is 5.97 Å². The second-order valence-corrected chi connectivity index (χ2v) is 8.29. The molecule has 156 valence electrons. The molecule has 0 bridgehead atoms. The lowest BCUT2D eigenvalue weighted by atomic mass is 10.1. The van der Waals surface area contributed by atoms with Gasteiger partial charge in [0.05, 0.1) is 12.8 Å². The third-order valence-corrected chi connectivity index (χ3v) is 5.69. The van der Waals surface area contributed by atoms with Crippen molar-refractivity contribution in [1.29, 1.82) is 0 Å². The van der Waals surface area contributed by atoms with Crippen LogP contribution in [-0.2, 0) is 32.3 Å². The van der Waals surface area contributed by atoms with Gasteiger partial charge in [0.1, 0.15) is 5.75 Å². The maximum Gasteiger partial charge on any atom is 0.360 e. The lowest BCUT2D eigenvalue weighted by Gasteiger charge is -2.05. The predicted molar refractivity (Wildman–Crippen MR) is 109 cm³/mol. The van der Waals surface area contributed by atoms with E-state index in [0.717, 1.165) is 5.56 Å². The number of hydrogen-bond acceptors (Lipinski definition) is 7. The summed E-state index contributed by atoms with van der Waals surface area (Å²) in [5, 5.41) is 6.41. The van der Waals surface area contributed by atoms with Crippen LogP contribution in [0.1, 0.15) is 16.1 Å². The van der Waals surface area contributed by atoms with Crippen LogP contribution in [0, 0.1) is 0 Å².